The molecule has 0 bridgehead atoms. The van der Waals surface area contributed by atoms with Gasteiger partial charge in [0.25, 0.3) is 5.91 Å². The number of pyridine rings is 1. The zero-order valence-corrected chi connectivity index (χ0v) is 16.5. The molecule has 29 heavy (non-hydrogen) atoms. The van der Waals surface area contributed by atoms with Crippen LogP contribution in [0.1, 0.15) is 34.5 Å². The van der Waals surface area contributed by atoms with E-state index in [1.807, 2.05) is 28.0 Å². The molecular weight excluding hydrogens is 366 g/mol. The number of likely N-dealkylation sites (tertiary alicyclic amines) is 2. The largest absolute Gasteiger partial charge is 0.338 e. The van der Waals surface area contributed by atoms with E-state index in [2.05, 4.69) is 29.1 Å². The molecule has 4 heterocycles. The Morgan fingerprint density at radius 3 is 2.69 bits per heavy atom. The molecule has 2 aliphatic rings. The zero-order chi connectivity index (χ0) is 20.1. The molecule has 0 N–H and O–H groups in total. The van der Waals surface area contributed by atoms with Gasteiger partial charge in [0.1, 0.15) is 6.33 Å². The van der Waals surface area contributed by atoms with E-state index in [-0.39, 0.29) is 23.8 Å². The van der Waals surface area contributed by atoms with Crippen LogP contribution in [0, 0.1) is 18.8 Å². The summed E-state index contributed by atoms with van der Waals surface area (Å²) in [7, 11) is 0. The summed E-state index contributed by atoms with van der Waals surface area (Å²) in [4.78, 5) is 33.5. The number of aryl methyl sites for hydroxylation is 1. The van der Waals surface area contributed by atoms with Crippen molar-refractivity contribution in [2.75, 3.05) is 19.6 Å². The highest BCUT2D eigenvalue weighted by Gasteiger charge is 2.49. The summed E-state index contributed by atoms with van der Waals surface area (Å²) < 4.78 is 1.62. The lowest BCUT2D eigenvalue weighted by atomic mass is 9.87. The van der Waals surface area contributed by atoms with Crippen LogP contribution in [0.3, 0.4) is 0 Å². The second-order valence-electron chi connectivity index (χ2n) is 8.09. The van der Waals surface area contributed by atoms with E-state index < -0.39 is 0 Å². The molecule has 2 aliphatic heterocycles. The standard InChI is InChI=1S/C22H23N5O2/c1-14-5-3-4-6-18(14)21-19-12-25(9-17(19)10-26(21)15(2)28)22(29)16-7-8-20-23-13-24-27(20)11-16/h3-8,11,13,17,19,21H,9-10,12H2,1-2H3/t17-,19-,21-/m1/s1. The number of carbonyl (C=O) groups excluding carboxylic acids is 2. The van der Waals surface area contributed by atoms with Crippen molar-refractivity contribution >= 4 is 17.5 Å². The molecule has 2 amide bonds. The van der Waals surface area contributed by atoms with Crippen LogP contribution in [-0.4, -0.2) is 55.8 Å². The fourth-order valence-electron chi connectivity index (χ4n) is 4.98. The lowest BCUT2D eigenvalue weighted by Gasteiger charge is -2.30. The second kappa shape index (κ2) is 6.69. The van der Waals surface area contributed by atoms with Gasteiger partial charge in [-0.2, -0.15) is 5.10 Å². The Kier molecular flexibility index (Phi) is 4.12. The number of amides is 2. The van der Waals surface area contributed by atoms with Crippen molar-refractivity contribution < 1.29 is 9.59 Å². The van der Waals surface area contributed by atoms with Gasteiger partial charge in [-0.25, -0.2) is 9.50 Å². The van der Waals surface area contributed by atoms with Crippen LogP contribution in [0.5, 0.6) is 0 Å². The predicted molar refractivity (Wildman–Crippen MR) is 107 cm³/mol. The number of hydrogen-bond donors (Lipinski definition) is 0. The van der Waals surface area contributed by atoms with Crippen LogP contribution in [0.4, 0.5) is 0 Å². The first-order chi connectivity index (χ1) is 14.0. The molecule has 5 rings (SSSR count). The summed E-state index contributed by atoms with van der Waals surface area (Å²) in [6.07, 6.45) is 3.21. The number of nitrogens with zero attached hydrogens (tertiary/aromatic N) is 5. The number of aromatic nitrogens is 3. The van der Waals surface area contributed by atoms with E-state index in [0.717, 1.165) is 5.65 Å². The molecule has 0 radical (unpaired) electrons. The molecule has 2 fully saturated rings. The van der Waals surface area contributed by atoms with Gasteiger partial charge >= 0.3 is 0 Å². The smallest absolute Gasteiger partial charge is 0.255 e. The van der Waals surface area contributed by atoms with Crippen molar-refractivity contribution in [1.82, 2.24) is 24.4 Å². The van der Waals surface area contributed by atoms with E-state index >= 15 is 0 Å². The Morgan fingerprint density at radius 2 is 1.90 bits per heavy atom. The monoisotopic (exact) mass is 389 g/mol. The Balaban J connectivity index is 1.43. The van der Waals surface area contributed by atoms with Crippen LogP contribution >= 0.6 is 0 Å². The number of rotatable bonds is 2. The Hall–Kier alpha value is -3.22. The van der Waals surface area contributed by atoms with Gasteiger partial charge in [-0.1, -0.05) is 24.3 Å². The highest BCUT2D eigenvalue weighted by atomic mass is 16.2. The van der Waals surface area contributed by atoms with E-state index in [1.165, 1.54) is 17.5 Å². The second-order valence-corrected chi connectivity index (χ2v) is 8.09. The van der Waals surface area contributed by atoms with Crippen LogP contribution in [-0.2, 0) is 4.79 Å². The normalized spacial score (nSPS) is 23.6. The van der Waals surface area contributed by atoms with Crippen LogP contribution < -0.4 is 0 Å². The Bertz CT molecular complexity index is 1110. The minimum atomic E-state index is 0.00899. The molecule has 3 atom stereocenters. The van der Waals surface area contributed by atoms with Crippen molar-refractivity contribution in [3.8, 4) is 0 Å². The molecule has 1 aromatic carbocycles. The maximum Gasteiger partial charge on any atom is 0.255 e. The molecule has 0 spiro atoms. The first-order valence-electron chi connectivity index (χ1n) is 9.94. The molecule has 0 unspecified atom stereocenters. The van der Waals surface area contributed by atoms with Crippen molar-refractivity contribution in [2.24, 2.45) is 11.8 Å². The third-order valence-electron chi connectivity index (χ3n) is 6.38. The zero-order valence-electron chi connectivity index (χ0n) is 16.5. The quantitative estimate of drug-likeness (QED) is 0.675. The maximum atomic E-state index is 13.2. The first-order valence-corrected chi connectivity index (χ1v) is 9.94. The van der Waals surface area contributed by atoms with Gasteiger partial charge in [0.2, 0.25) is 5.91 Å². The van der Waals surface area contributed by atoms with Gasteiger partial charge < -0.3 is 9.80 Å². The van der Waals surface area contributed by atoms with Crippen molar-refractivity contribution in [3.63, 3.8) is 0 Å². The van der Waals surface area contributed by atoms with E-state index in [9.17, 15) is 9.59 Å². The molecule has 148 valence electrons. The van der Waals surface area contributed by atoms with Crippen LogP contribution in [0.15, 0.2) is 48.9 Å². The first kappa shape index (κ1) is 17.8. The Morgan fingerprint density at radius 1 is 1.07 bits per heavy atom. The minimum Gasteiger partial charge on any atom is -0.338 e. The molecule has 0 saturated carbocycles. The maximum absolute atomic E-state index is 13.2. The minimum absolute atomic E-state index is 0.00899. The van der Waals surface area contributed by atoms with Gasteiger partial charge in [0.05, 0.1) is 11.6 Å². The molecule has 3 aromatic rings. The number of fused-ring (bicyclic) bond motifs is 2. The van der Waals surface area contributed by atoms with Gasteiger partial charge in [-0.05, 0) is 30.2 Å². The van der Waals surface area contributed by atoms with Gasteiger partial charge in [-0.15, -0.1) is 0 Å². The summed E-state index contributed by atoms with van der Waals surface area (Å²) in [5.41, 5.74) is 3.70. The topological polar surface area (TPSA) is 70.8 Å². The third-order valence-corrected chi connectivity index (χ3v) is 6.38. The van der Waals surface area contributed by atoms with Crippen molar-refractivity contribution in [2.45, 2.75) is 19.9 Å². The summed E-state index contributed by atoms with van der Waals surface area (Å²) in [6.45, 7) is 5.76. The fraction of sp³-hybridized carbons (Fsp3) is 0.364. The average Bonchev–Trinajstić information content (AvgIpc) is 3.41. The summed E-state index contributed by atoms with van der Waals surface area (Å²) in [6, 6.07) is 11.9. The summed E-state index contributed by atoms with van der Waals surface area (Å²) in [5, 5.41) is 4.13. The highest BCUT2D eigenvalue weighted by Crippen LogP contribution is 2.46. The lowest BCUT2D eigenvalue weighted by molar-refractivity contribution is -0.130. The number of carbonyl (C=O) groups is 2. The predicted octanol–water partition coefficient (Wildman–Crippen LogP) is 2.33. The summed E-state index contributed by atoms with van der Waals surface area (Å²) in [5.74, 6) is 0.651. The molecule has 7 heteroatoms. The number of hydrogen-bond acceptors (Lipinski definition) is 4. The van der Waals surface area contributed by atoms with E-state index in [4.69, 9.17) is 0 Å². The average molecular weight is 389 g/mol. The van der Waals surface area contributed by atoms with Crippen LogP contribution in [0.2, 0.25) is 0 Å². The molecular formula is C22H23N5O2. The third kappa shape index (κ3) is 2.88. The van der Waals surface area contributed by atoms with E-state index in [1.54, 1.807) is 23.7 Å². The van der Waals surface area contributed by atoms with Crippen molar-refractivity contribution in [3.05, 3.63) is 65.6 Å². The molecule has 7 nitrogen and oxygen atoms in total. The summed E-state index contributed by atoms with van der Waals surface area (Å²) >= 11 is 0. The Labute approximate surface area is 168 Å². The van der Waals surface area contributed by atoms with E-state index in [0.29, 0.717) is 31.1 Å². The molecule has 0 aliphatic carbocycles. The fourth-order valence-corrected chi connectivity index (χ4v) is 4.98. The van der Waals surface area contributed by atoms with Gasteiger partial charge in [0.15, 0.2) is 5.65 Å². The highest BCUT2D eigenvalue weighted by molar-refractivity contribution is 5.94. The van der Waals surface area contributed by atoms with Gasteiger partial charge in [-0.3, -0.25) is 9.59 Å². The SMILES string of the molecule is CC(=O)N1C[C@H]2CN(C(=O)c3ccc4ncnn4c3)C[C@H]2[C@H]1c1ccccc1C. The molecule has 2 aromatic heterocycles. The van der Waals surface area contributed by atoms with Gasteiger partial charge in [0, 0.05) is 44.6 Å². The lowest BCUT2D eigenvalue weighted by Crippen LogP contribution is -2.36. The van der Waals surface area contributed by atoms with Crippen molar-refractivity contribution in [1.29, 1.82) is 0 Å². The van der Waals surface area contributed by atoms with Crippen LogP contribution in [0.25, 0.3) is 5.65 Å². The number of benzene rings is 1. The molecule has 2 saturated heterocycles.